The van der Waals surface area contributed by atoms with Crippen molar-refractivity contribution in [2.75, 3.05) is 41.0 Å². The molecule has 0 spiro atoms. The molecule has 11 nitrogen and oxygen atoms in total. The number of hydrogen-bond acceptors (Lipinski definition) is 8. The molecule has 1 aliphatic heterocycles. The van der Waals surface area contributed by atoms with Crippen LogP contribution in [0.25, 0.3) is 0 Å². The van der Waals surface area contributed by atoms with Crippen molar-refractivity contribution in [1.82, 2.24) is 20.9 Å². The zero-order chi connectivity index (χ0) is 31.9. The first-order valence-corrected chi connectivity index (χ1v) is 14.5. The van der Waals surface area contributed by atoms with E-state index in [0.717, 1.165) is 23.3 Å². The fourth-order valence-corrected chi connectivity index (χ4v) is 6.04. The molecule has 4 amide bonds. The lowest BCUT2D eigenvalue weighted by Gasteiger charge is -2.38. The summed E-state index contributed by atoms with van der Waals surface area (Å²) in [5.74, 6) is -1.47. The number of nitrogens with zero attached hydrogens (tertiary/aromatic N) is 1. The average molecular weight is 611 g/mol. The molecule has 1 atom stereocenters. The molecule has 2 aromatic carbocycles. The Hall–Kier alpha value is -4.29. The molecule has 12 heteroatoms. The molecule has 1 fully saturated rings. The predicted molar refractivity (Wildman–Crippen MR) is 159 cm³/mol. The van der Waals surface area contributed by atoms with Crippen LogP contribution in [-0.4, -0.2) is 76.0 Å². The Bertz CT molecular complexity index is 1410. The van der Waals surface area contributed by atoms with E-state index in [9.17, 15) is 23.6 Å². The van der Waals surface area contributed by atoms with Crippen LogP contribution in [0, 0.1) is 12.7 Å². The second-order valence-electron chi connectivity index (χ2n) is 10.9. The maximum absolute atomic E-state index is 14.1. The molecule has 0 radical (unpaired) electrons. The zero-order valence-electron chi connectivity index (χ0n) is 25.4. The number of carbonyl (C=O) groups excluding carboxylic acids is 4. The highest BCUT2D eigenvalue weighted by molar-refractivity contribution is 6.01. The van der Waals surface area contributed by atoms with Gasteiger partial charge in [0.2, 0.25) is 0 Å². The van der Waals surface area contributed by atoms with Crippen LogP contribution in [0.5, 0.6) is 0 Å². The fourth-order valence-electron chi connectivity index (χ4n) is 6.04. The van der Waals surface area contributed by atoms with E-state index >= 15 is 0 Å². The molecule has 44 heavy (non-hydrogen) atoms. The highest BCUT2D eigenvalue weighted by atomic mass is 19.1. The van der Waals surface area contributed by atoms with Gasteiger partial charge in [0.15, 0.2) is 0 Å². The zero-order valence-corrected chi connectivity index (χ0v) is 25.4. The van der Waals surface area contributed by atoms with E-state index < -0.39 is 35.3 Å². The van der Waals surface area contributed by atoms with E-state index in [-0.39, 0.29) is 42.0 Å². The Kier molecular flexibility index (Phi) is 10.7. The quantitative estimate of drug-likeness (QED) is 0.274. The SMILES string of the molecule is COCC1=C(C(=O)OC)C(c2ccc(F)c(C)c2)N(C(=O)NCCNC2CCC(C(=O)OC)(c3ccccc3)CC2)C(=O)N1. The molecular weight excluding hydrogens is 571 g/mol. The van der Waals surface area contributed by atoms with E-state index in [1.807, 2.05) is 30.3 Å². The Morgan fingerprint density at radius 3 is 2.34 bits per heavy atom. The standard InChI is InChI=1S/C32H39FN4O7/c1-20-18-21(10-11-24(20)33)27-26(28(38)43-3)25(19-42-2)36-31(41)37(27)30(40)35-17-16-34-23-12-14-32(15-13-23,29(39)44-4)22-8-6-5-7-9-22/h5-11,18,23,27,34H,12-17,19H2,1-4H3,(H,35,40)(H,36,41). The summed E-state index contributed by atoms with van der Waals surface area (Å²) in [6.45, 7) is 2.01. The van der Waals surface area contributed by atoms with Crippen molar-refractivity contribution >= 4 is 24.0 Å². The third-order valence-electron chi connectivity index (χ3n) is 8.32. The summed E-state index contributed by atoms with van der Waals surface area (Å²) in [6.07, 6.45) is 2.70. The molecule has 1 saturated carbocycles. The summed E-state index contributed by atoms with van der Waals surface area (Å²) in [7, 11) is 4.01. The number of halogens is 1. The lowest BCUT2D eigenvalue weighted by Crippen LogP contribution is -2.55. The van der Waals surface area contributed by atoms with Gasteiger partial charge in [0, 0.05) is 26.2 Å². The number of benzene rings is 2. The van der Waals surface area contributed by atoms with Gasteiger partial charge in [-0.05, 0) is 55.4 Å². The monoisotopic (exact) mass is 610 g/mol. The van der Waals surface area contributed by atoms with Crippen LogP contribution in [0.2, 0.25) is 0 Å². The molecule has 0 saturated heterocycles. The van der Waals surface area contributed by atoms with Crippen LogP contribution in [0.3, 0.4) is 0 Å². The molecule has 1 heterocycles. The minimum absolute atomic E-state index is 0.00273. The van der Waals surface area contributed by atoms with E-state index in [1.54, 1.807) is 6.92 Å². The normalized spacial score (nSPS) is 21.8. The van der Waals surface area contributed by atoms with Gasteiger partial charge in [-0.2, -0.15) is 0 Å². The van der Waals surface area contributed by atoms with Gasteiger partial charge in [0.25, 0.3) is 0 Å². The number of methoxy groups -OCH3 is 3. The average Bonchev–Trinajstić information content (AvgIpc) is 3.04. The number of esters is 2. The molecule has 1 aliphatic carbocycles. The van der Waals surface area contributed by atoms with Crippen molar-refractivity contribution in [3.63, 3.8) is 0 Å². The van der Waals surface area contributed by atoms with Gasteiger partial charge >= 0.3 is 24.0 Å². The molecule has 0 bridgehead atoms. The maximum Gasteiger partial charge on any atom is 0.338 e. The number of aryl methyl sites for hydroxylation is 1. The summed E-state index contributed by atoms with van der Waals surface area (Å²) >= 11 is 0. The smallest absolute Gasteiger partial charge is 0.338 e. The van der Waals surface area contributed by atoms with Crippen LogP contribution < -0.4 is 16.0 Å². The van der Waals surface area contributed by atoms with Crippen molar-refractivity contribution in [3.8, 4) is 0 Å². The highest BCUT2D eigenvalue weighted by Gasteiger charge is 2.45. The number of imide groups is 1. The first kappa shape index (κ1) is 32.6. The van der Waals surface area contributed by atoms with Gasteiger partial charge in [-0.25, -0.2) is 23.7 Å². The molecular formula is C32H39FN4O7. The molecule has 1 unspecified atom stereocenters. The molecule has 2 aliphatic rings. The molecule has 3 N–H and O–H groups in total. The predicted octanol–water partition coefficient (Wildman–Crippen LogP) is 3.63. The summed E-state index contributed by atoms with van der Waals surface area (Å²) < 4.78 is 29.5. The first-order valence-electron chi connectivity index (χ1n) is 14.5. The largest absolute Gasteiger partial charge is 0.468 e. The highest BCUT2D eigenvalue weighted by Crippen LogP contribution is 2.40. The van der Waals surface area contributed by atoms with E-state index in [0.29, 0.717) is 24.9 Å². The van der Waals surface area contributed by atoms with E-state index in [1.165, 1.54) is 39.5 Å². The molecule has 2 aromatic rings. The minimum Gasteiger partial charge on any atom is -0.468 e. The van der Waals surface area contributed by atoms with Crippen molar-refractivity contribution < 1.29 is 37.8 Å². The summed E-state index contributed by atoms with van der Waals surface area (Å²) in [6, 6.07) is 11.2. The summed E-state index contributed by atoms with van der Waals surface area (Å²) in [5, 5.41) is 8.75. The molecule has 236 valence electrons. The fraction of sp³-hybridized carbons (Fsp3) is 0.438. The topological polar surface area (TPSA) is 135 Å². The van der Waals surface area contributed by atoms with Crippen LogP contribution in [0.1, 0.15) is 48.4 Å². The van der Waals surface area contributed by atoms with Gasteiger partial charge in [-0.1, -0.05) is 42.5 Å². The van der Waals surface area contributed by atoms with Gasteiger partial charge in [-0.3, -0.25) is 4.79 Å². The second kappa shape index (κ2) is 14.5. The minimum atomic E-state index is -1.18. The number of amides is 4. The lowest BCUT2D eigenvalue weighted by atomic mass is 9.68. The Labute approximate surface area is 256 Å². The Balaban J connectivity index is 1.44. The number of nitrogens with one attached hydrogen (secondary N) is 3. The van der Waals surface area contributed by atoms with Crippen LogP contribution in [0.15, 0.2) is 59.8 Å². The van der Waals surface area contributed by atoms with Crippen LogP contribution in [-0.2, 0) is 29.2 Å². The maximum atomic E-state index is 14.1. The lowest BCUT2D eigenvalue weighted by molar-refractivity contribution is -0.149. The van der Waals surface area contributed by atoms with Gasteiger partial charge in [-0.15, -0.1) is 0 Å². The van der Waals surface area contributed by atoms with Crippen molar-refractivity contribution in [1.29, 1.82) is 0 Å². The van der Waals surface area contributed by atoms with Gasteiger partial charge in [0.1, 0.15) is 11.9 Å². The second-order valence-corrected chi connectivity index (χ2v) is 10.9. The number of urea groups is 2. The number of rotatable bonds is 10. The van der Waals surface area contributed by atoms with Crippen molar-refractivity contribution in [2.24, 2.45) is 0 Å². The molecule has 4 rings (SSSR count). The number of carbonyl (C=O) groups is 4. The Morgan fingerprint density at radius 2 is 1.73 bits per heavy atom. The van der Waals surface area contributed by atoms with Crippen LogP contribution >= 0.6 is 0 Å². The van der Waals surface area contributed by atoms with Crippen molar-refractivity contribution in [3.05, 3.63) is 82.3 Å². The number of hydrogen-bond donors (Lipinski definition) is 3. The van der Waals surface area contributed by atoms with Crippen molar-refractivity contribution in [2.45, 2.75) is 50.1 Å². The van der Waals surface area contributed by atoms with E-state index in [4.69, 9.17) is 14.2 Å². The third kappa shape index (κ3) is 6.76. The summed E-state index contributed by atoms with van der Waals surface area (Å²) in [5.41, 5.74) is 1.05. The van der Waals surface area contributed by atoms with Crippen LogP contribution in [0.4, 0.5) is 14.0 Å². The Morgan fingerprint density at radius 1 is 1.02 bits per heavy atom. The summed E-state index contributed by atoms with van der Waals surface area (Å²) in [4.78, 5) is 53.4. The number of ether oxygens (including phenoxy) is 3. The van der Waals surface area contributed by atoms with E-state index in [2.05, 4.69) is 16.0 Å². The first-order chi connectivity index (χ1) is 21.2. The third-order valence-corrected chi connectivity index (χ3v) is 8.32. The molecule has 0 aromatic heterocycles. The van der Waals surface area contributed by atoms with Gasteiger partial charge in [0.05, 0.1) is 37.5 Å². The van der Waals surface area contributed by atoms with Gasteiger partial charge < -0.3 is 30.2 Å².